The van der Waals surface area contributed by atoms with E-state index in [2.05, 4.69) is 15.9 Å². The van der Waals surface area contributed by atoms with E-state index in [1.54, 1.807) is 36.4 Å². The lowest BCUT2D eigenvalue weighted by molar-refractivity contribution is -0.356. The summed E-state index contributed by atoms with van der Waals surface area (Å²) in [6, 6.07) is 10.1. The summed E-state index contributed by atoms with van der Waals surface area (Å²) in [7, 11) is 3.03. The SMILES string of the molecule is COc1ccc(C2=[N+]([O-])c3c(Br)cccc3C2=O)cc1OC. The molecule has 0 aliphatic carbocycles. The largest absolute Gasteiger partial charge is 0.618 e. The average molecular weight is 362 g/mol. The van der Waals surface area contributed by atoms with Crippen molar-refractivity contribution in [2.24, 2.45) is 0 Å². The number of carbonyl (C=O) groups excluding carboxylic acids is 1. The Hall–Kier alpha value is -2.34. The third-order valence-corrected chi connectivity index (χ3v) is 4.15. The number of carbonyl (C=O) groups is 1. The zero-order chi connectivity index (χ0) is 15.9. The molecule has 0 atom stereocenters. The van der Waals surface area contributed by atoms with Gasteiger partial charge in [0.25, 0.3) is 11.5 Å². The molecule has 1 heterocycles. The number of halogens is 1. The fourth-order valence-electron chi connectivity index (χ4n) is 2.47. The molecule has 5 nitrogen and oxygen atoms in total. The van der Waals surface area contributed by atoms with Crippen LogP contribution in [0.15, 0.2) is 40.9 Å². The lowest BCUT2D eigenvalue weighted by Crippen LogP contribution is -2.16. The van der Waals surface area contributed by atoms with Crippen molar-refractivity contribution < 1.29 is 19.0 Å². The molecule has 0 bridgehead atoms. The van der Waals surface area contributed by atoms with Crippen LogP contribution in [0.3, 0.4) is 0 Å². The molecule has 0 spiro atoms. The first kappa shape index (κ1) is 14.6. The summed E-state index contributed by atoms with van der Waals surface area (Å²) in [5.41, 5.74) is 1.27. The molecule has 3 rings (SSSR count). The standard InChI is InChI=1S/C16H12BrNO4/c1-21-12-7-6-9(8-13(12)22-2)14-16(19)10-4-3-5-11(17)15(10)18(14)20/h3-8H,1-2H3. The number of benzene rings is 2. The number of para-hydroxylation sites is 1. The predicted octanol–water partition coefficient (Wildman–Crippen LogP) is 3.29. The molecule has 2 aromatic rings. The quantitative estimate of drug-likeness (QED) is 0.621. The molecule has 0 aromatic heterocycles. The average Bonchev–Trinajstić information content (AvgIpc) is 2.79. The Balaban J connectivity index is 2.18. The summed E-state index contributed by atoms with van der Waals surface area (Å²) >= 11 is 3.31. The highest BCUT2D eigenvalue weighted by molar-refractivity contribution is 9.10. The van der Waals surface area contributed by atoms with Crippen LogP contribution in [0.1, 0.15) is 15.9 Å². The Morgan fingerprint density at radius 2 is 1.82 bits per heavy atom. The predicted molar refractivity (Wildman–Crippen MR) is 85.4 cm³/mol. The maximum Gasteiger partial charge on any atom is 0.273 e. The second-order valence-corrected chi connectivity index (χ2v) is 5.53. The highest BCUT2D eigenvalue weighted by Crippen LogP contribution is 2.36. The number of ketones is 1. The Labute approximate surface area is 135 Å². The van der Waals surface area contributed by atoms with Gasteiger partial charge in [-0.1, -0.05) is 6.07 Å². The van der Waals surface area contributed by atoms with Crippen LogP contribution in [0.5, 0.6) is 11.5 Å². The van der Waals surface area contributed by atoms with Gasteiger partial charge in [0.05, 0.1) is 24.3 Å². The van der Waals surface area contributed by atoms with E-state index in [9.17, 15) is 10.0 Å². The first-order valence-electron chi connectivity index (χ1n) is 6.48. The van der Waals surface area contributed by atoms with Crippen molar-refractivity contribution in [3.05, 3.63) is 57.2 Å². The van der Waals surface area contributed by atoms with Crippen LogP contribution >= 0.6 is 15.9 Å². The smallest absolute Gasteiger partial charge is 0.273 e. The van der Waals surface area contributed by atoms with Gasteiger partial charge in [0.2, 0.25) is 5.69 Å². The van der Waals surface area contributed by atoms with E-state index >= 15 is 0 Å². The Kier molecular flexibility index (Phi) is 3.62. The van der Waals surface area contributed by atoms with Crippen LogP contribution in [0, 0.1) is 5.21 Å². The molecule has 0 unspecified atom stereocenters. The minimum Gasteiger partial charge on any atom is -0.618 e. The Morgan fingerprint density at radius 1 is 1.09 bits per heavy atom. The van der Waals surface area contributed by atoms with Crippen molar-refractivity contribution in [3.63, 3.8) is 0 Å². The first-order chi connectivity index (χ1) is 10.6. The van der Waals surface area contributed by atoms with Crippen LogP contribution in [0.25, 0.3) is 0 Å². The van der Waals surface area contributed by atoms with E-state index < -0.39 is 0 Å². The normalized spacial score (nSPS) is 13.3. The summed E-state index contributed by atoms with van der Waals surface area (Å²) < 4.78 is 11.6. The van der Waals surface area contributed by atoms with Crippen molar-refractivity contribution in [2.75, 3.05) is 14.2 Å². The number of ether oxygens (including phenoxy) is 2. The third-order valence-electron chi connectivity index (χ3n) is 3.51. The molecular formula is C16H12BrNO4. The lowest BCUT2D eigenvalue weighted by Gasteiger charge is -2.09. The van der Waals surface area contributed by atoms with Crippen LogP contribution in [-0.4, -0.2) is 30.5 Å². The van der Waals surface area contributed by atoms with E-state index in [4.69, 9.17) is 9.47 Å². The third kappa shape index (κ3) is 2.07. The van der Waals surface area contributed by atoms with Crippen molar-refractivity contribution >= 4 is 33.1 Å². The molecule has 1 aliphatic rings. The second kappa shape index (κ2) is 5.46. The molecule has 22 heavy (non-hydrogen) atoms. The van der Waals surface area contributed by atoms with Crippen molar-refractivity contribution in [2.45, 2.75) is 0 Å². The maximum atomic E-state index is 12.5. The number of Topliss-reactive ketones (excluding diaryl/α,β-unsaturated/α-hetero) is 1. The van der Waals surface area contributed by atoms with E-state index in [1.165, 1.54) is 14.2 Å². The fourth-order valence-corrected chi connectivity index (χ4v) is 3.00. The maximum absolute atomic E-state index is 12.5. The fraction of sp³-hybridized carbons (Fsp3) is 0.125. The molecule has 0 saturated heterocycles. The van der Waals surface area contributed by atoms with Gasteiger partial charge in [0.15, 0.2) is 11.5 Å². The van der Waals surface area contributed by atoms with Gasteiger partial charge in [-0.25, -0.2) is 0 Å². The topological polar surface area (TPSA) is 61.6 Å². The number of fused-ring (bicyclic) bond motifs is 1. The van der Waals surface area contributed by atoms with Gasteiger partial charge >= 0.3 is 0 Å². The molecule has 0 radical (unpaired) electrons. The summed E-state index contributed by atoms with van der Waals surface area (Å²) in [5.74, 6) is 0.690. The molecule has 0 amide bonds. The minimum atomic E-state index is -0.307. The Bertz CT molecular complexity index is 814. The summed E-state index contributed by atoms with van der Waals surface area (Å²) in [6.45, 7) is 0. The van der Waals surface area contributed by atoms with E-state index in [-0.39, 0.29) is 11.5 Å². The first-order valence-corrected chi connectivity index (χ1v) is 7.27. The van der Waals surface area contributed by atoms with E-state index in [0.29, 0.717) is 37.5 Å². The number of methoxy groups -OCH3 is 2. The number of hydrogen-bond donors (Lipinski definition) is 0. The molecular weight excluding hydrogens is 350 g/mol. The number of nitrogens with zero attached hydrogens (tertiary/aromatic N) is 1. The molecule has 0 N–H and O–H groups in total. The number of hydrogen-bond acceptors (Lipinski definition) is 4. The van der Waals surface area contributed by atoms with Gasteiger partial charge in [-0.3, -0.25) is 4.79 Å². The zero-order valence-electron chi connectivity index (χ0n) is 11.9. The van der Waals surface area contributed by atoms with Crippen LogP contribution < -0.4 is 9.47 Å². The van der Waals surface area contributed by atoms with E-state index in [0.717, 1.165) is 0 Å². The second-order valence-electron chi connectivity index (χ2n) is 4.68. The van der Waals surface area contributed by atoms with E-state index in [1.807, 2.05) is 0 Å². The molecule has 112 valence electrons. The van der Waals surface area contributed by atoms with Crippen LogP contribution in [0.4, 0.5) is 5.69 Å². The van der Waals surface area contributed by atoms with Crippen molar-refractivity contribution in [1.29, 1.82) is 0 Å². The number of rotatable bonds is 3. The van der Waals surface area contributed by atoms with Crippen LogP contribution in [0.2, 0.25) is 0 Å². The van der Waals surface area contributed by atoms with Crippen LogP contribution in [-0.2, 0) is 0 Å². The minimum absolute atomic E-state index is 0.0721. The summed E-state index contributed by atoms with van der Waals surface area (Å²) in [6.07, 6.45) is 0. The van der Waals surface area contributed by atoms with Gasteiger partial charge < -0.3 is 14.7 Å². The van der Waals surface area contributed by atoms with Crippen molar-refractivity contribution in [1.82, 2.24) is 0 Å². The molecule has 2 aromatic carbocycles. The van der Waals surface area contributed by atoms with Crippen molar-refractivity contribution in [3.8, 4) is 11.5 Å². The van der Waals surface area contributed by atoms with Gasteiger partial charge in [0, 0.05) is 0 Å². The molecule has 0 fully saturated rings. The lowest BCUT2D eigenvalue weighted by atomic mass is 10.0. The molecule has 1 aliphatic heterocycles. The molecule has 6 heteroatoms. The van der Waals surface area contributed by atoms with Gasteiger partial charge in [-0.2, -0.15) is 4.74 Å². The zero-order valence-corrected chi connectivity index (χ0v) is 13.5. The summed E-state index contributed by atoms with van der Waals surface area (Å²) in [5, 5.41) is 12.5. The van der Waals surface area contributed by atoms with Gasteiger partial charge in [0.1, 0.15) is 5.56 Å². The summed E-state index contributed by atoms with van der Waals surface area (Å²) in [4.78, 5) is 12.5. The van der Waals surface area contributed by atoms with Gasteiger partial charge in [-0.05, 0) is 46.3 Å². The highest BCUT2D eigenvalue weighted by Gasteiger charge is 2.38. The monoisotopic (exact) mass is 361 g/mol. The van der Waals surface area contributed by atoms with Gasteiger partial charge in [-0.15, -0.1) is 0 Å². The highest BCUT2D eigenvalue weighted by atomic mass is 79.9. The molecule has 0 saturated carbocycles. The Morgan fingerprint density at radius 3 is 2.45 bits per heavy atom.